The first-order valence-corrected chi connectivity index (χ1v) is 1.46. The van der Waals surface area contributed by atoms with Crippen LogP contribution in [0, 0.1) is 0 Å². The predicted molar refractivity (Wildman–Crippen MR) is 22.7 cm³/mol. The zero-order chi connectivity index (χ0) is 7.15. The van der Waals surface area contributed by atoms with E-state index in [0.29, 0.717) is 0 Å². The number of hydrogen-bond acceptors (Lipinski definition) is 0. The van der Waals surface area contributed by atoms with Crippen molar-refractivity contribution in [1.82, 2.24) is 0 Å². The normalized spacial score (nSPS) is 6.50. The van der Waals surface area contributed by atoms with Crippen LogP contribution in [-0.2, 0) is 0 Å². The molecular formula is C4H4F4. The first-order valence-electron chi connectivity index (χ1n) is 1.46. The summed E-state index contributed by atoms with van der Waals surface area (Å²) in [7, 11) is 0. The average Bonchev–Trinajstić information content (AvgIpc) is 1.25. The molecule has 4 heteroatoms. The second-order valence-electron chi connectivity index (χ2n) is 0.677. The fourth-order valence-corrected chi connectivity index (χ4v) is 0. The first-order chi connectivity index (χ1) is 3.46. The van der Waals surface area contributed by atoms with Crippen molar-refractivity contribution >= 4 is 0 Å². The van der Waals surface area contributed by atoms with Crippen LogP contribution in [0.4, 0.5) is 17.6 Å². The van der Waals surface area contributed by atoms with E-state index in [1.165, 1.54) is 0 Å². The van der Waals surface area contributed by atoms with Gasteiger partial charge in [0.15, 0.2) is 0 Å². The van der Waals surface area contributed by atoms with E-state index in [9.17, 15) is 17.6 Å². The lowest BCUT2D eigenvalue weighted by molar-refractivity contribution is 0.425. The smallest absolute Gasteiger partial charge is 0.174 e. The molecule has 0 fully saturated rings. The lowest BCUT2D eigenvalue weighted by Gasteiger charge is -1.54. The molecule has 0 bridgehead atoms. The van der Waals surface area contributed by atoms with E-state index in [0.717, 1.165) is 0 Å². The quantitative estimate of drug-likeness (QED) is 0.440. The van der Waals surface area contributed by atoms with E-state index in [2.05, 4.69) is 13.2 Å². The Morgan fingerprint density at radius 3 is 0.750 bits per heavy atom. The minimum absolute atomic E-state index is 1.83. The molecule has 0 aromatic rings. The van der Waals surface area contributed by atoms with Gasteiger partial charge in [-0.2, -0.15) is 17.6 Å². The average molecular weight is 128 g/mol. The van der Waals surface area contributed by atoms with Gasteiger partial charge in [0.25, 0.3) is 12.2 Å². The van der Waals surface area contributed by atoms with Gasteiger partial charge in [0.2, 0.25) is 0 Å². The molecule has 0 aromatic heterocycles. The van der Waals surface area contributed by atoms with Crippen molar-refractivity contribution in [3.8, 4) is 0 Å². The Kier molecular flexibility index (Phi) is 7.93. The molecule has 0 heterocycles. The fourth-order valence-electron chi connectivity index (χ4n) is 0. The van der Waals surface area contributed by atoms with Crippen molar-refractivity contribution in [3.05, 3.63) is 25.3 Å². The minimum atomic E-state index is -1.83. The van der Waals surface area contributed by atoms with Crippen molar-refractivity contribution in [2.75, 3.05) is 0 Å². The molecule has 0 N–H and O–H groups in total. The van der Waals surface area contributed by atoms with E-state index in [4.69, 9.17) is 0 Å². The van der Waals surface area contributed by atoms with E-state index >= 15 is 0 Å². The first kappa shape index (κ1) is 10.2. The molecule has 8 heavy (non-hydrogen) atoms. The topological polar surface area (TPSA) is 0 Å². The van der Waals surface area contributed by atoms with Crippen LogP contribution in [0.3, 0.4) is 0 Å². The maximum atomic E-state index is 10.1. The molecule has 0 aliphatic carbocycles. The van der Waals surface area contributed by atoms with Gasteiger partial charge in [-0.25, -0.2) is 0 Å². The predicted octanol–water partition coefficient (Wildman–Crippen LogP) is 2.79. The largest absolute Gasteiger partial charge is 0.263 e. The lowest BCUT2D eigenvalue weighted by Crippen LogP contribution is -1.33. The standard InChI is InChI=1S/2C2H2F2/c2*1-2(3)4/h2*1H2. The van der Waals surface area contributed by atoms with Crippen molar-refractivity contribution in [2.24, 2.45) is 0 Å². The van der Waals surface area contributed by atoms with E-state index in [1.807, 2.05) is 0 Å². The van der Waals surface area contributed by atoms with Crippen molar-refractivity contribution in [1.29, 1.82) is 0 Å². The molecule has 0 aliphatic rings. The Morgan fingerprint density at radius 2 is 0.750 bits per heavy atom. The van der Waals surface area contributed by atoms with Crippen LogP contribution in [0.25, 0.3) is 0 Å². The molecule has 0 saturated heterocycles. The summed E-state index contributed by atoms with van der Waals surface area (Å²) in [6.07, 6.45) is -3.67. The number of hydrogen-bond donors (Lipinski definition) is 0. The summed E-state index contributed by atoms with van der Waals surface area (Å²) in [6.45, 7) is 4.44. The summed E-state index contributed by atoms with van der Waals surface area (Å²) in [5.74, 6) is 0. The molecule has 0 nitrogen and oxygen atoms in total. The van der Waals surface area contributed by atoms with E-state index < -0.39 is 12.2 Å². The molecule has 0 aromatic carbocycles. The molecule has 0 aliphatic heterocycles. The third-order valence-electron chi connectivity index (χ3n) is 0. The maximum Gasteiger partial charge on any atom is 0.263 e. The van der Waals surface area contributed by atoms with Gasteiger partial charge < -0.3 is 0 Å². The van der Waals surface area contributed by atoms with Crippen LogP contribution in [0.5, 0.6) is 0 Å². The van der Waals surface area contributed by atoms with Gasteiger partial charge in [0, 0.05) is 0 Å². The zero-order valence-corrected chi connectivity index (χ0v) is 3.93. The summed E-state index contributed by atoms with van der Waals surface area (Å²) in [6, 6.07) is 0. The molecule has 48 valence electrons. The highest BCUT2D eigenvalue weighted by Gasteiger charge is 1.66. The molecular weight excluding hydrogens is 124 g/mol. The van der Waals surface area contributed by atoms with Crippen LogP contribution < -0.4 is 0 Å². The number of rotatable bonds is 0. The molecule has 0 saturated carbocycles. The summed E-state index contributed by atoms with van der Waals surface area (Å²) < 4.78 is 40.6. The summed E-state index contributed by atoms with van der Waals surface area (Å²) in [5.41, 5.74) is 0. The van der Waals surface area contributed by atoms with Crippen LogP contribution in [0.1, 0.15) is 0 Å². The van der Waals surface area contributed by atoms with Gasteiger partial charge in [0.1, 0.15) is 0 Å². The maximum absolute atomic E-state index is 10.1. The van der Waals surface area contributed by atoms with Gasteiger partial charge >= 0.3 is 0 Å². The zero-order valence-electron chi connectivity index (χ0n) is 3.93. The van der Waals surface area contributed by atoms with Crippen molar-refractivity contribution in [3.63, 3.8) is 0 Å². The third kappa shape index (κ3) is 143. The molecule has 0 unspecified atom stereocenters. The van der Waals surface area contributed by atoms with Crippen LogP contribution in [0.15, 0.2) is 25.3 Å². The summed E-state index contributed by atoms with van der Waals surface area (Å²) in [5, 5.41) is 0. The van der Waals surface area contributed by atoms with Crippen LogP contribution in [0.2, 0.25) is 0 Å². The molecule has 0 amide bonds. The van der Waals surface area contributed by atoms with Crippen molar-refractivity contribution < 1.29 is 17.6 Å². The van der Waals surface area contributed by atoms with Gasteiger partial charge in [0.05, 0.1) is 0 Å². The highest BCUT2D eigenvalue weighted by Crippen LogP contribution is 1.85. The summed E-state index contributed by atoms with van der Waals surface area (Å²) >= 11 is 0. The molecule has 0 radical (unpaired) electrons. The van der Waals surface area contributed by atoms with E-state index in [-0.39, 0.29) is 0 Å². The Bertz CT molecular complexity index is 66.0. The fraction of sp³-hybridized carbons (Fsp3) is 0. The highest BCUT2D eigenvalue weighted by atomic mass is 19.3. The van der Waals surface area contributed by atoms with Gasteiger partial charge in [-0.15, -0.1) is 0 Å². The highest BCUT2D eigenvalue weighted by molar-refractivity contribution is 4.57. The monoisotopic (exact) mass is 128 g/mol. The van der Waals surface area contributed by atoms with E-state index in [1.54, 1.807) is 0 Å². The lowest BCUT2D eigenvalue weighted by atomic mass is 11.2. The molecule has 0 atom stereocenters. The van der Waals surface area contributed by atoms with Gasteiger partial charge in [-0.05, 0) is 13.2 Å². The van der Waals surface area contributed by atoms with Gasteiger partial charge in [-0.1, -0.05) is 0 Å². The Morgan fingerprint density at radius 1 is 0.750 bits per heavy atom. The summed E-state index contributed by atoms with van der Waals surface area (Å²) in [4.78, 5) is 0. The second kappa shape index (κ2) is 6.20. The Balaban J connectivity index is 0. The Hall–Kier alpha value is -0.800. The molecule has 0 spiro atoms. The second-order valence-corrected chi connectivity index (χ2v) is 0.677. The number of halogens is 4. The Labute approximate surface area is 44.1 Å². The third-order valence-corrected chi connectivity index (χ3v) is 0. The van der Waals surface area contributed by atoms with Crippen LogP contribution in [-0.4, -0.2) is 0 Å². The van der Waals surface area contributed by atoms with Crippen molar-refractivity contribution in [2.45, 2.75) is 0 Å². The van der Waals surface area contributed by atoms with Gasteiger partial charge in [-0.3, -0.25) is 0 Å². The molecule has 0 rings (SSSR count). The SMILES string of the molecule is C=C(F)F.C=C(F)F. The minimum Gasteiger partial charge on any atom is -0.174 e. The van der Waals surface area contributed by atoms with Crippen LogP contribution >= 0.6 is 0 Å².